The zero-order valence-electron chi connectivity index (χ0n) is 14.1. The molecule has 1 aliphatic rings. The fourth-order valence-corrected chi connectivity index (χ4v) is 3.11. The molecule has 1 heterocycles. The highest BCUT2D eigenvalue weighted by atomic mass is 35.5. The number of aryl methyl sites for hydroxylation is 1. The molecule has 0 atom stereocenters. The molecule has 5 heteroatoms. The lowest BCUT2D eigenvalue weighted by Crippen LogP contribution is -2.50. The summed E-state index contributed by atoms with van der Waals surface area (Å²) in [6.45, 7) is 7.09. The van der Waals surface area contributed by atoms with E-state index >= 15 is 0 Å². The second-order valence-corrected chi connectivity index (χ2v) is 6.57. The second-order valence-electron chi connectivity index (χ2n) is 6.13. The fraction of sp³-hybridized carbons (Fsp3) is 0.316. The number of hydrogen-bond acceptors (Lipinski definition) is 2. The summed E-state index contributed by atoms with van der Waals surface area (Å²) in [5.74, 6) is 0. The Kier molecular flexibility index (Phi) is 4.95. The first-order chi connectivity index (χ1) is 11.5. The van der Waals surface area contributed by atoms with Crippen LogP contribution in [0, 0.1) is 13.8 Å². The first-order valence-corrected chi connectivity index (χ1v) is 8.55. The Morgan fingerprint density at radius 2 is 1.75 bits per heavy atom. The zero-order chi connectivity index (χ0) is 17.1. The van der Waals surface area contributed by atoms with Crippen LogP contribution >= 0.6 is 11.6 Å². The Morgan fingerprint density at radius 3 is 2.46 bits per heavy atom. The number of piperazine rings is 1. The predicted molar refractivity (Wildman–Crippen MR) is 100 cm³/mol. The van der Waals surface area contributed by atoms with Crippen LogP contribution < -0.4 is 10.2 Å². The Morgan fingerprint density at radius 1 is 1.04 bits per heavy atom. The first kappa shape index (κ1) is 16.7. The van der Waals surface area contributed by atoms with Gasteiger partial charge in [0, 0.05) is 42.6 Å². The molecule has 1 saturated heterocycles. The van der Waals surface area contributed by atoms with Gasteiger partial charge in [0.2, 0.25) is 0 Å². The molecular formula is C19H22ClN3O. The first-order valence-electron chi connectivity index (χ1n) is 8.17. The molecule has 1 aliphatic heterocycles. The van der Waals surface area contributed by atoms with Crippen LogP contribution in [0.15, 0.2) is 42.5 Å². The molecule has 2 aromatic rings. The standard InChI is InChI=1S/C19H22ClN3O/c1-14-5-3-8-18(15(14)2)21-19(24)23-11-9-22(10-12-23)17-7-4-6-16(20)13-17/h3-8,13H,9-12H2,1-2H3,(H,21,24). The van der Waals surface area contributed by atoms with Crippen molar-refractivity contribution in [3.8, 4) is 0 Å². The molecule has 1 N–H and O–H groups in total. The highest BCUT2D eigenvalue weighted by Gasteiger charge is 2.21. The minimum absolute atomic E-state index is 0.0329. The summed E-state index contributed by atoms with van der Waals surface area (Å²) < 4.78 is 0. The highest BCUT2D eigenvalue weighted by molar-refractivity contribution is 6.30. The molecule has 126 valence electrons. The molecular weight excluding hydrogens is 322 g/mol. The Bertz CT molecular complexity index is 739. The number of amides is 2. The van der Waals surface area contributed by atoms with E-state index < -0.39 is 0 Å². The predicted octanol–water partition coefficient (Wildman–Crippen LogP) is 4.31. The van der Waals surface area contributed by atoms with Gasteiger partial charge in [0.25, 0.3) is 0 Å². The van der Waals surface area contributed by atoms with Gasteiger partial charge in [-0.3, -0.25) is 0 Å². The lowest BCUT2D eigenvalue weighted by molar-refractivity contribution is 0.208. The number of halogens is 1. The molecule has 2 aromatic carbocycles. The number of anilines is 2. The SMILES string of the molecule is Cc1cccc(NC(=O)N2CCN(c3cccc(Cl)c3)CC2)c1C. The van der Waals surface area contributed by atoms with Crippen LogP contribution in [0.4, 0.5) is 16.2 Å². The van der Waals surface area contributed by atoms with Gasteiger partial charge < -0.3 is 15.1 Å². The summed E-state index contributed by atoms with van der Waals surface area (Å²) >= 11 is 6.06. The van der Waals surface area contributed by atoms with Crippen LogP contribution in [-0.2, 0) is 0 Å². The van der Waals surface area contributed by atoms with Crippen LogP contribution in [0.25, 0.3) is 0 Å². The number of nitrogens with one attached hydrogen (secondary N) is 1. The van der Waals surface area contributed by atoms with Gasteiger partial charge >= 0.3 is 6.03 Å². The van der Waals surface area contributed by atoms with Gasteiger partial charge in [0.15, 0.2) is 0 Å². The molecule has 0 bridgehead atoms. The number of nitrogens with zero attached hydrogens (tertiary/aromatic N) is 2. The molecule has 3 rings (SSSR count). The maximum Gasteiger partial charge on any atom is 0.321 e. The van der Waals surface area contributed by atoms with Crippen LogP contribution in [0.1, 0.15) is 11.1 Å². The summed E-state index contributed by atoms with van der Waals surface area (Å²) in [6, 6.07) is 13.8. The quantitative estimate of drug-likeness (QED) is 0.881. The van der Waals surface area contributed by atoms with Crippen molar-refractivity contribution in [1.82, 2.24) is 4.90 Å². The van der Waals surface area contributed by atoms with Crippen molar-refractivity contribution in [2.45, 2.75) is 13.8 Å². The lowest BCUT2D eigenvalue weighted by atomic mass is 10.1. The smallest absolute Gasteiger partial charge is 0.321 e. The van der Waals surface area contributed by atoms with E-state index in [-0.39, 0.29) is 6.03 Å². The van der Waals surface area contributed by atoms with Gasteiger partial charge in [-0.2, -0.15) is 0 Å². The third kappa shape index (κ3) is 3.65. The van der Waals surface area contributed by atoms with Gasteiger partial charge in [-0.1, -0.05) is 29.8 Å². The summed E-state index contributed by atoms with van der Waals surface area (Å²) in [6.07, 6.45) is 0. The van der Waals surface area contributed by atoms with E-state index in [1.54, 1.807) is 0 Å². The molecule has 2 amide bonds. The number of hydrogen-bond donors (Lipinski definition) is 1. The van der Waals surface area contributed by atoms with E-state index in [0.717, 1.165) is 35.1 Å². The maximum absolute atomic E-state index is 12.5. The molecule has 0 spiro atoms. The van der Waals surface area contributed by atoms with Crippen molar-refractivity contribution in [2.24, 2.45) is 0 Å². The average Bonchev–Trinajstić information content (AvgIpc) is 2.59. The Balaban J connectivity index is 1.60. The van der Waals surface area contributed by atoms with Crippen molar-refractivity contribution in [1.29, 1.82) is 0 Å². The van der Waals surface area contributed by atoms with Crippen molar-refractivity contribution in [3.05, 3.63) is 58.6 Å². The van der Waals surface area contributed by atoms with E-state index in [4.69, 9.17) is 11.6 Å². The number of urea groups is 1. The molecule has 1 fully saturated rings. The molecule has 0 radical (unpaired) electrons. The molecule has 0 saturated carbocycles. The monoisotopic (exact) mass is 343 g/mol. The van der Waals surface area contributed by atoms with Gasteiger partial charge in [0.1, 0.15) is 0 Å². The number of rotatable bonds is 2. The van der Waals surface area contributed by atoms with Gasteiger partial charge in [-0.05, 0) is 49.2 Å². The third-order valence-corrected chi connectivity index (χ3v) is 4.82. The molecule has 4 nitrogen and oxygen atoms in total. The van der Waals surface area contributed by atoms with Crippen LogP contribution in [0.5, 0.6) is 0 Å². The van der Waals surface area contributed by atoms with Crippen molar-refractivity contribution in [3.63, 3.8) is 0 Å². The number of carbonyl (C=O) groups is 1. The van der Waals surface area contributed by atoms with Crippen molar-refractivity contribution < 1.29 is 4.79 Å². The maximum atomic E-state index is 12.5. The van der Waals surface area contributed by atoms with E-state index in [0.29, 0.717) is 13.1 Å². The molecule has 0 unspecified atom stereocenters. The fourth-order valence-electron chi connectivity index (χ4n) is 2.92. The third-order valence-electron chi connectivity index (χ3n) is 4.59. The second kappa shape index (κ2) is 7.14. The van der Waals surface area contributed by atoms with Crippen LogP contribution in [0.3, 0.4) is 0 Å². The number of carbonyl (C=O) groups excluding carboxylic acids is 1. The van der Waals surface area contributed by atoms with E-state index in [1.165, 1.54) is 5.56 Å². The summed E-state index contributed by atoms with van der Waals surface area (Å²) in [7, 11) is 0. The van der Waals surface area contributed by atoms with E-state index in [2.05, 4.69) is 29.3 Å². The Hall–Kier alpha value is -2.20. The normalized spacial score (nSPS) is 14.6. The number of benzene rings is 2. The largest absolute Gasteiger partial charge is 0.368 e. The topological polar surface area (TPSA) is 35.6 Å². The minimum Gasteiger partial charge on any atom is -0.368 e. The van der Waals surface area contributed by atoms with Gasteiger partial charge in [-0.15, -0.1) is 0 Å². The molecule has 0 aromatic heterocycles. The van der Waals surface area contributed by atoms with Crippen LogP contribution in [-0.4, -0.2) is 37.1 Å². The van der Waals surface area contributed by atoms with Gasteiger partial charge in [0.05, 0.1) is 0 Å². The Labute approximate surface area is 148 Å². The van der Waals surface area contributed by atoms with Crippen molar-refractivity contribution >= 4 is 29.0 Å². The zero-order valence-corrected chi connectivity index (χ0v) is 14.8. The molecule has 24 heavy (non-hydrogen) atoms. The highest BCUT2D eigenvalue weighted by Crippen LogP contribution is 2.22. The summed E-state index contributed by atoms with van der Waals surface area (Å²) in [4.78, 5) is 16.6. The van der Waals surface area contributed by atoms with E-state index in [1.807, 2.05) is 42.2 Å². The van der Waals surface area contributed by atoms with Crippen LogP contribution in [0.2, 0.25) is 5.02 Å². The average molecular weight is 344 g/mol. The minimum atomic E-state index is -0.0329. The summed E-state index contributed by atoms with van der Waals surface area (Å²) in [5.41, 5.74) is 4.29. The lowest BCUT2D eigenvalue weighted by Gasteiger charge is -2.36. The van der Waals surface area contributed by atoms with Crippen molar-refractivity contribution in [2.75, 3.05) is 36.4 Å². The summed E-state index contributed by atoms with van der Waals surface area (Å²) in [5, 5.41) is 3.77. The van der Waals surface area contributed by atoms with Gasteiger partial charge in [-0.25, -0.2) is 4.79 Å². The van der Waals surface area contributed by atoms with E-state index in [9.17, 15) is 4.79 Å². The molecule has 0 aliphatic carbocycles.